The van der Waals surface area contributed by atoms with Crippen molar-refractivity contribution >= 4 is 11.0 Å². The van der Waals surface area contributed by atoms with E-state index in [1.165, 1.54) is 28.0 Å². The first kappa shape index (κ1) is 19.5. The molecule has 0 bridgehead atoms. The van der Waals surface area contributed by atoms with E-state index in [0.717, 1.165) is 43.6 Å². The lowest BCUT2D eigenvalue weighted by atomic mass is 9.95. The second kappa shape index (κ2) is 8.06. The molecule has 0 radical (unpaired) electrons. The molecule has 1 unspecified atom stereocenters. The molecule has 0 N–H and O–H groups in total. The molecular weight excluding hydrogens is 396 g/mol. The first-order valence-corrected chi connectivity index (χ1v) is 11.6. The third kappa shape index (κ3) is 3.47. The molecule has 6 rings (SSSR count). The maximum absolute atomic E-state index is 6.17. The summed E-state index contributed by atoms with van der Waals surface area (Å²) in [5.41, 5.74) is 6.00. The van der Waals surface area contributed by atoms with Crippen LogP contribution in [-0.2, 0) is 6.42 Å². The molecule has 1 atom stereocenters. The minimum atomic E-state index is 0.265. The highest BCUT2D eigenvalue weighted by Gasteiger charge is 2.30. The number of fused-ring (bicyclic) bond motifs is 2. The van der Waals surface area contributed by atoms with E-state index in [2.05, 4.69) is 70.0 Å². The van der Waals surface area contributed by atoms with Crippen LogP contribution in [0.5, 0.6) is 5.75 Å². The zero-order valence-electron chi connectivity index (χ0n) is 18.4. The highest BCUT2D eigenvalue weighted by molar-refractivity contribution is 5.83. The molecule has 2 aliphatic rings. The van der Waals surface area contributed by atoms with Crippen molar-refractivity contribution in [3.63, 3.8) is 0 Å². The number of ether oxygens (including phenoxy) is 1. The molecule has 0 aliphatic carbocycles. The van der Waals surface area contributed by atoms with Crippen LogP contribution in [0.3, 0.4) is 0 Å². The van der Waals surface area contributed by atoms with Gasteiger partial charge in [0.25, 0.3) is 0 Å². The summed E-state index contributed by atoms with van der Waals surface area (Å²) >= 11 is 0. The Morgan fingerprint density at radius 2 is 1.75 bits per heavy atom. The normalized spacial score (nSPS) is 19.6. The Bertz CT molecular complexity index is 1240. The van der Waals surface area contributed by atoms with Crippen LogP contribution in [0.2, 0.25) is 0 Å². The molecule has 1 fully saturated rings. The first-order valence-electron chi connectivity index (χ1n) is 11.6. The lowest BCUT2D eigenvalue weighted by Crippen LogP contribution is -2.33. The minimum Gasteiger partial charge on any atom is -0.493 e. The number of aromatic nitrogens is 3. The van der Waals surface area contributed by atoms with E-state index in [1.807, 2.05) is 18.5 Å². The van der Waals surface area contributed by atoms with Gasteiger partial charge in [0.05, 0.1) is 23.6 Å². The average Bonchev–Trinajstić information content (AvgIpc) is 3.23. The summed E-state index contributed by atoms with van der Waals surface area (Å²) < 4.78 is 8.72. The lowest BCUT2D eigenvalue weighted by molar-refractivity contribution is 0.212. The highest BCUT2D eigenvalue weighted by Crippen LogP contribution is 2.37. The van der Waals surface area contributed by atoms with Gasteiger partial charge in [0.2, 0.25) is 0 Å². The fraction of sp³-hybridized carbons (Fsp3) is 0.333. The molecule has 5 heteroatoms. The van der Waals surface area contributed by atoms with E-state index in [4.69, 9.17) is 9.72 Å². The van der Waals surface area contributed by atoms with E-state index >= 15 is 0 Å². The average molecular weight is 425 g/mol. The van der Waals surface area contributed by atoms with Crippen molar-refractivity contribution in [2.45, 2.75) is 31.2 Å². The Hall–Kier alpha value is -3.18. The smallest absolute Gasteiger partial charge is 0.122 e. The van der Waals surface area contributed by atoms with E-state index in [0.29, 0.717) is 12.6 Å². The maximum Gasteiger partial charge on any atom is 0.122 e. The van der Waals surface area contributed by atoms with Crippen LogP contribution in [0, 0.1) is 0 Å². The topological polar surface area (TPSA) is 43.2 Å². The number of likely N-dealkylation sites (tertiary alicyclic amines) is 1. The molecule has 4 aromatic rings. The summed E-state index contributed by atoms with van der Waals surface area (Å²) in [6.07, 6.45) is 6.99. The minimum absolute atomic E-state index is 0.265. The van der Waals surface area contributed by atoms with Gasteiger partial charge in [-0.3, -0.25) is 4.98 Å². The Morgan fingerprint density at radius 3 is 2.59 bits per heavy atom. The van der Waals surface area contributed by atoms with E-state index in [1.54, 1.807) is 0 Å². The van der Waals surface area contributed by atoms with Crippen molar-refractivity contribution in [2.75, 3.05) is 26.7 Å². The van der Waals surface area contributed by atoms with Crippen molar-refractivity contribution in [3.8, 4) is 16.9 Å². The molecular formula is C27H28N4O. The summed E-state index contributed by atoms with van der Waals surface area (Å²) in [7, 11) is 2.22. The van der Waals surface area contributed by atoms with E-state index in [9.17, 15) is 0 Å². The van der Waals surface area contributed by atoms with Crippen molar-refractivity contribution in [3.05, 3.63) is 78.4 Å². The number of para-hydroxylation sites is 1. The Morgan fingerprint density at radius 1 is 0.938 bits per heavy atom. The molecule has 0 amide bonds. The van der Waals surface area contributed by atoms with Crippen molar-refractivity contribution < 1.29 is 4.74 Å². The second-order valence-corrected chi connectivity index (χ2v) is 9.13. The van der Waals surface area contributed by atoms with Gasteiger partial charge in [0, 0.05) is 18.4 Å². The molecule has 4 heterocycles. The third-order valence-corrected chi connectivity index (χ3v) is 7.03. The van der Waals surface area contributed by atoms with Crippen molar-refractivity contribution in [1.82, 2.24) is 19.4 Å². The monoisotopic (exact) mass is 424 g/mol. The molecule has 32 heavy (non-hydrogen) atoms. The van der Waals surface area contributed by atoms with Gasteiger partial charge < -0.3 is 14.2 Å². The summed E-state index contributed by atoms with van der Waals surface area (Å²) in [4.78, 5) is 11.8. The molecule has 0 spiro atoms. The molecule has 2 aromatic carbocycles. The van der Waals surface area contributed by atoms with Gasteiger partial charge in [-0.15, -0.1) is 0 Å². The van der Waals surface area contributed by atoms with Gasteiger partial charge in [0.1, 0.15) is 11.6 Å². The number of nitrogens with zero attached hydrogens (tertiary/aromatic N) is 4. The molecule has 0 saturated carbocycles. The van der Waals surface area contributed by atoms with Gasteiger partial charge in [-0.1, -0.05) is 24.3 Å². The van der Waals surface area contributed by atoms with Crippen LogP contribution in [0.25, 0.3) is 22.2 Å². The lowest BCUT2D eigenvalue weighted by Gasteiger charge is -2.33. The van der Waals surface area contributed by atoms with Crippen LogP contribution in [0.4, 0.5) is 0 Å². The first-order chi connectivity index (χ1) is 15.8. The zero-order valence-corrected chi connectivity index (χ0v) is 18.4. The predicted octanol–water partition coefficient (Wildman–Crippen LogP) is 5.08. The third-order valence-electron chi connectivity index (χ3n) is 7.03. The fourth-order valence-electron chi connectivity index (χ4n) is 5.25. The number of piperidine rings is 1. The Balaban J connectivity index is 1.46. The van der Waals surface area contributed by atoms with Crippen LogP contribution in [-0.4, -0.2) is 46.2 Å². The standard InChI is InChI=1S/C27H28N4O/c1-30-14-10-23(11-15-30)31-25-17-20(19-8-12-28-13-9-19)6-7-24(25)29-27(31)22-16-21-4-2-3-5-26(21)32-18-22/h2-9,12-13,17,22-23H,10-11,14-16,18H2,1H3. The van der Waals surface area contributed by atoms with E-state index < -0.39 is 0 Å². The zero-order chi connectivity index (χ0) is 21.5. The highest BCUT2D eigenvalue weighted by atomic mass is 16.5. The molecule has 162 valence electrons. The summed E-state index contributed by atoms with van der Waals surface area (Å²) in [5, 5.41) is 0. The Kier molecular flexibility index (Phi) is 4.91. The van der Waals surface area contributed by atoms with Crippen LogP contribution >= 0.6 is 0 Å². The largest absolute Gasteiger partial charge is 0.493 e. The predicted molar refractivity (Wildman–Crippen MR) is 127 cm³/mol. The maximum atomic E-state index is 6.17. The quantitative estimate of drug-likeness (QED) is 0.460. The number of benzene rings is 2. The molecule has 1 saturated heterocycles. The number of hydrogen-bond donors (Lipinski definition) is 0. The van der Waals surface area contributed by atoms with Gasteiger partial charge in [-0.2, -0.15) is 0 Å². The summed E-state index contributed by atoms with van der Waals surface area (Å²) in [6, 6.07) is 19.7. The molecule has 5 nitrogen and oxygen atoms in total. The number of rotatable bonds is 3. The number of pyridine rings is 1. The SMILES string of the molecule is CN1CCC(n2c(C3COc4ccccc4C3)nc3ccc(-c4ccncc4)cc32)CC1. The number of hydrogen-bond acceptors (Lipinski definition) is 4. The summed E-state index contributed by atoms with van der Waals surface area (Å²) in [5.74, 6) is 2.46. The van der Waals surface area contributed by atoms with Crippen molar-refractivity contribution in [2.24, 2.45) is 0 Å². The number of imidazole rings is 1. The van der Waals surface area contributed by atoms with Crippen LogP contribution in [0.15, 0.2) is 67.0 Å². The van der Waals surface area contributed by atoms with Gasteiger partial charge >= 0.3 is 0 Å². The molecule has 2 aliphatic heterocycles. The van der Waals surface area contributed by atoms with Crippen molar-refractivity contribution in [1.29, 1.82) is 0 Å². The Labute approximate surface area is 188 Å². The van der Waals surface area contributed by atoms with Crippen LogP contribution < -0.4 is 4.74 Å². The van der Waals surface area contributed by atoms with Gasteiger partial charge in [-0.05, 0) is 86.4 Å². The van der Waals surface area contributed by atoms with Gasteiger partial charge in [0.15, 0.2) is 0 Å². The summed E-state index contributed by atoms with van der Waals surface area (Å²) in [6.45, 7) is 2.93. The molecule has 2 aromatic heterocycles. The van der Waals surface area contributed by atoms with E-state index in [-0.39, 0.29) is 5.92 Å². The second-order valence-electron chi connectivity index (χ2n) is 9.13. The fourth-order valence-corrected chi connectivity index (χ4v) is 5.25. The van der Waals surface area contributed by atoms with Crippen LogP contribution in [0.1, 0.15) is 36.2 Å². The van der Waals surface area contributed by atoms with Gasteiger partial charge in [-0.25, -0.2) is 4.98 Å².